The summed E-state index contributed by atoms with van der Waals surface area (Å²) in [6, 6.07) is 12.5. The van der Waals surface area contributed by atoms with E-state index in [1.54, 1.807) is 37.3 Å². The van der Waals surface area contributed by atoms with Gasteiger partial charge < -0.3 is 24.0 Å². The zero-order valence-corrected chi connectivity index (χ0v) is 17.9. The molecule has 160 valence electrons. The molecule has 0 N–H and O–H groups in total. The van der Waals surface area contributed by atoms with Crippen molar-refractivity contribution in [2.45, 2.75) is 18.9 Å². The van der Waals surface area contributed by atoms with Gasteiger partial charge in [0.1, 0.15) is 11.5 Å². The molecule has 1 fully saturated rings. The Kier molecular flexibility index (Phi) is 6.82. The Morgan fingerprint density at radius 1 is 1.10 bits per heavy atom. The first-order chi connectivity index (χ1) is 14.4. The van der Waals surface area contributed by atoms with Crippen molar-refractivity contribution in [3.63, 3.8) is 0 Å². The smallest absolute Gasteiger partial charge is 0.338 e. The maximum Gasteiger partial charge on any atom is 0.338 e. The fourth-order valence-electron chi connectivity index (χ4n) is 3.69. The van der Waals surface area contributed by atoms with Crippen LogP contribution in [0.15, 0.2) is 42.5 Å². The molecule has 1 amide bonds. The van der Waals surface area contributed by atoms with Gasteiger partial charge in [0.05, 0.1) is 25.8 Å². The van der Waals surface area contributed by atoms with Crippen LogP contribution in [-0.2, 0) is 9.53 Å². The summed E-state index contributed by atoms with van der Waals surface area (Å²) in [5.74, 6) is 0.677. The Morgan fingerprint density at radius 2 is 1.90 bits per heavy atom. The Hall–Kier alpha value is -3.22. The second-order valence-electron chi connectivity index (χ2n) is 7.37. The monoisotopic (exact) mass is 412 g/mol. The van der Waals surface area contributed by atoms with Crippen LogP contribution in [0.2, 0.25) is 0 Å². The van der Waals surface area contributed by atoms with Gasteiger partial charge in [0.2, 0.25) is 0 Å². The van der Waals surface area contributed by atoms with Crippen molar-refractivity contribution >= 4 is 17.6 Å². The van der Waals surface area contributed by atoms with Gasteiger partial charge in [-0.1, -0.05) is 6.07 Å². The molecule has 0 bridgehead atoms. The quantitative estimate of drug-likeness (QED) is 0.650. The molecule has 2 aromatic carbocycles. The normalized spacial score (nSPS) is 15.6. The van der Waals surface area contributed by atoms with Crippen molar-refractivity contribution in [3.05, 3.63) is 53.6 Å². The summed E-state index contributed by atoms with van der Waals surface area (Å²) in [6.45, 7) is 0.311. The minimum Gasteiger partial charge on any atom is -0.497 e. The highest BCUT2D eigenvalue weighted by molar-refractivity contribution is 5.92. The van der Waals surface area contributed by atoms with Crippen LogP contribution in [0.25, 0.3) is 0 Å². The average molecular weight is 412 g/mol. The number of ether oxygens (including phenoxy) is 3. The first-order valence-electron chi connectivity index (χ1n) is 9.90. The molecule has 1 saturated heterocycles. The molecular formula is C23H28N2O5. The first-order valence-corrected chi connectivity index (χ1v) is 9.90. The maximum atomic E-state index is 12.9. The molecule has 0 aromatic heterocycles. The topological polar surface area (TPSA) is 68.3 Å². The number of anilines is 1. The predicted molar refractivity (Wildman–Crippen MR) is 114 cm³/mol. The summed E-state index contributed by atoms with van der Waals surface area (Å²) in [7, 11) is 7.01. The third-order valence-corrected chi connectivity index (χ3v) is 5.29. The standard InChI is InChI=1S/C23H28N2O5/c1-24(2)17-8-5-7-16(13-17)23(27)30-15-22(26)25-12-6-9-20(25)19-14-18(28-3)10-11-21(19)29-4/h5,7-8,10-11,13-14,20H,6,9,12,15H2,1-4H3/t20-/m0/s1. The van der Waals surface area contributed by atoms with Crippen molar-refractivity contribution in [1.29, 1.82) is 0 Å². The second kappa shape index (κ2) is 9.52. The molecule has 30 heavy (non-hydrogen) atoms. The molecule has 2 aromatic rings. The van der Waals surface area contributed by atoms with Crippen molar-refractivity contribution in [3.8, 4) is 11.5 Å². The molecule has 3 rings (SSSR count). The van der Waals surface area contributed by atoms with E-state index < -0.39 is 5.97 Å². The third-order valence-electron chi connectivity index (χ3n) is 5.29. The van der Waals surface area contributed by atoms with E-state index in [0.717, 1.165) is 24.1 Å². The van der Waals surface area contributed by atoms with Gasteiger partial charge in [0.25, 0.3) is 5.91 Å². The lowest BCUT2D eigenvalue weighted by molar-refractivity contribution is -0.135. The van der Waals surface area contributed by atoms with Crippen LogP contribution in [0.5, 0.6) is 11.5 Å². The minimum absolute atomic E-state index is 0.140. The molecule has 1 aliphatic rings. The molecule has 1 atom stereocenters. The highest BCUT2D eigenvalue weighted by Crippen LogP contribution is 2.38. The van der Waals surface area contributed by atoms with Crippen LogP contribution in [0.4, 0.5) is 5.69 Å². The van der Waals surface area contributed by atoms with Gasteiger partial charge in [-0.05, 0) is 49.2 Å². The molecule has 0 spiro atoms. The fourth-order valence-corrected chi connectivity index (χ4v) is 3.69. The highest BCUT2D eigenvalue weighted by atomic mass is 16.5. The number of nitrogens with zero attached hydrogens (tertiary/aromatic N) is 2. The number of rotatable bonds is 7. The number of amides is 1. The van der Waals surface area contributed by atoms with Crippen molar-refractivity contribution in [2.75, 3.05) is 46.4 Å². The fraction of sp³-hybridized carbons (Fsp3) is 0.391. The summed E-state index contributed by atoms with van der Waals surface area (Å²) in [5.41, 5.74) is 2.20. The first kappa shape index (κ1) is 21.5. The molecule has 0 saturated carbocycles. The molecule has 0 unspecified atom stereocenters. The number of hydrogen-bond acceptors (Lipinski definition) is 6. The van der Waals surface area contributed by atoms with Crippen molar-refractivity contribution < 1.29 is 23.8 Å². The van der Waals surface area contributed by atoms with Gasteiger partial charge in [-0.25, -0.2) is 4.79 Å². The number of carbonyl (C=O) groups is 2. The van der Waals surface area contributed by atoms with Crippen LogP contribution in [0.1, 0.15) is 34.8 Å². The zero-order valence-electron chi connectivity index (χ0n) is 17.9. The van der Waals surface area contributed by atoms with Crippen LogP contribution < -0.4 is 14.4 Å². The number of hydrogen-bond donors (Lipinski definition) is 0. The second-order valence-corrected chi connectivity index (χ2v) is 7.37. The minimum atomic E-state index is -0.512. The lowest BCUT2D eigenvalue weighted by Crippen LogP contribution is -2.34. The van der Waals surface area contributed by atoms with Gasteiger partial charge in [0, 0.05) is 31.9 Å². The van der Waals surface area contributed by atoms with Crippen molar-refractivity contribution in [2.24, 2.45) is 0 Å². The largest absolute Gasteiger partial charge is 0.497 e. The van der Waals surface area contributed by atoms with E-state index in [0.29, 0.717) is 23.6 Å². The van der Waals surface area contributed by atoms with Crippen LogP contribution in [-0.4, -0.2) is 58.2 Å². The average Bonchev–Trinajstić information content (AvgIpc) is 3.26. The number of benzene rings is 2. The van der Waals surface area contributed by atoms with Gasteiger partial charge in [-0.15, -0.1) is 0 Å². The van der Waals surface area contributed by atoms with E-state index >= 15 is 0 Å². The van der Waals surface area contributed by atoms with Crippen LogP contribution in [0.3, 0.4) is 0 Å². The van der Waals surface area contributed by atoms with Crippen LogP contribution in [0, 0.1) is 0 Å². The predicted octanol–water partition coefficient (Wildman–Crippen LogP) is 3.29. The number of likely N-dealkylation sites (tertiary alicyclic amines) is 1. The number of carbonyl (C=O) groups excluding carboxylic acids is 2. The molecule has 7 heteroatoms. The molecule has 1 heterocycles. The van der Waals surface area contributed by atoms with E-state index in [9.17, 15) is 9.59 Å². The van der Waals surface area contributed by atoms with Crippen LogP contribution >= 0.6 is 0 Å². The number of methoxy groups -OCH3 is 2. The molecule has 0 aliphatic carbocycles. The van der Waals surface area contributed by atoms with E-state index in [1.165, 1.54) is 0 Å². The number of esters is 1. The lowest BCUT2D eigenvalue weighted by atomic mass is 10.0. The van der Waals surface area contributed by atoms with E-state index in [4.69, 9.17) is 14.2 Å². The summed E-state index contributed by atoms with van der Waals surface area (Å²) in [4.78, 5) is 28.9. The summed E-state index contributed by atoms with van der Waals surface area (Å²) in [6.07, 6.45) is 1.68. The van der Waals surface area contributed by atoms with Gasteiger partial charge in [-0.3, -0.25) is 4.79 Å². The summed E-state index contributed by atoms with van der Waals surface area (Å²) < 4.78 is 16.1. The Morgan fingerprint density at radius 3 is 2.60 bits per heavy atom. The summed E-state index contributed by atoms with van der Waals surface area (Å²) in [5, 5.41) is 0. The van der Waals surface area contributed by atoms with Gasteiger partial charge >= 0.3 is 5.97 Å². The Labute approximate surface area is 177 Å². The molecule has 7 nitrogen and oxygen atoms in total. The summed E-state index contributed by atoms with van der Waals surface area (Å²) >= 11 is 0. The van der Waals surface area contributed by atoms with Gasteiger partial charge in [-0.2, -0.15) is 0 Å². The maximum absolute atomic E-state index is 12.9. The van der Waals surface area contributed by atoms with Gasteiger partial charge in [0.15, 0.2) is 6.61 Å². The van der Waals surface area contributed by atoms with Crippen molar-refractivity contribution in [1.82, 2.24) is 4.90 Å². The van der Waals surface area contributed by atoms with E-state index in [1.807, 2.05) is 43.3 Å². The molecule has 0 radical (unpaired) electrons. The molecular weight excluding hydrogens is 384 g/mol. The highest BCUT2D eigenvalue weighted by Gasteiger charge is 2.32. The SMILES string of the molecule is COc1ccc(OC)c([C@@H]2CCCN2C(=O)COC(=O)c2cccc(N(C)C)c2)c1. The van der Waals surface area contributed by atoms with E-state index in [2.05, 4.69) is 0 Å². The Bertz CT molecular complexity index is 912. The Balaban J connectivity index is 1.69. The van der Waals surface area contributed by atoms with E-state index in [-0.39, 0.29) is 18.6 Å². The molecule has 1 aliphatic heterocycles. The zero-order chi connectivity index (χ0) is 21.7. The third kappa shape index (κ3) is 4.67. The lowest BCUT2D eigenvalue weighted by Gasteiger charge is -2.26.